The Hall–Kier alpha value is -2.93. The first-order valence-corrected chi connectivity index (χ1v) is 9.23. The van der Waals surface area contributed by atoms with Crippen molar-refractivity contribution in [3.05, 3.63) is 75.8 Å². The molecule has 0 saturated heterocycles. The van der Waals surface area contributed by atoms with Crippen molar-refractivity contribution in [2.24, 2.45) is 0 Å². The molecule has 2 aromatic carbocycles. The quantitative estimate of drug-likeness (QED) is 0.361. The number of hydrogen-bond donors (Lipinski definition) is 0. The van der Waals surface area contributed by atoms with Crippen molar-refractivity contribution >= 4 is 39.9 Å². The first kappa shape index (κ1) is 21.4. The Morgan fingerprint density at radius 2 is 1.68 bits per heavy atom. The third kappa shape index (κ3) is 6.06. The van der Waals surface area contributed by atoms with Gasteiger partial charge in [0.2, 0.25) is 6.10 Å². The lowest BCUT2D eigenvalue weighted by atomic mass is 10.1. The van der Waals surface area contributed by atoms with Gasteiger partial charge < -0.3 is 14.2 Å². The van der Waals surface area contributed by atoms with E-state index in [1.54, 1.807) is 61.5 Å². The molecule has 0 aliphatic heterocycles. The van der Waals surface area contributed by atoms with E-state index < -0.39 is 24.0 Å². The minimum Gasteiger partial charge on any atom is -0.466 e. The Morgan fingerprint density at radius 3 is 2.25 bits per heavy atom. The monoisotopic (exact) mass is 446 g/mol. The number of carbonyl (C=O) groups excluding carboxylic acids is 3. The predicted octanol–water partition coefficient (Wildman–Crippen LogP) is 4.10. The molecule has 6 nitrogen and oxygen atoms in total. The first-order valence-electron chi connectivity index (χ1n) is 8.43. The van der Waals surface area contributed by atoms with E-state index in [4.69, 9.17) is 14.2 Å². The predicted molar refractivity (Wildman–Crippen MR) is 106 cm³/mol. The summed E-state index contributed by atoms with van der Waals surface area (Å²) in [5.41, 5.74) is 1.47. The molecule has 7 heteroatoms. The Kier molecular flexibility index (Phi) is 7.95. The number of benzene rings is 2. The van der Waals surface area contributed by atoms with Crippen molar-refractivity contribution in [1.82, 2.24) is 0 Å². The number of esters is 3. The summed E-state index contributed by atoms with van der Waals surface area (Å²) in [5, 5.41) is 0. The van der Waals surface area contributed by atoms with Crippen LogP contribution in [0.15, 0.2) is 59.1 Å². The number of ether oxygens (including phenoxy) is 3. The minimum absolute atomic E-state index is 0.263. The third-order valence-electron chi connectivity index (χ3n) is 3.66. The largest absolute Gasteiger partial charge is 0.466 e. The summed E-state index contributed by atoms with van der Waals surface area (Å²) < 4.78 is 15.7. The summed E-state index contributed by atoms with van der Waals surface area (Å²) in [6.45, 7) is 2.02. The highest BCUT2D eigenvalue weighted by Gasteiger charge is 2.26. The van der Waals surface area contributed by atoms with Crippen LogP contribution in [0.25, 0.3) is 6.08 Å². The molecule has 0 bridgehead atoms. The fourth-order valence-corrected chi connectivity index (χ4v) is 2.52. The van der Waals surface area contributed by atoms with Gasteiger partial charge in [-0.05, 0) is 42.8 Å². The summed E-state index contributed by atoms with van der Waals surface area (Å²) in [4.78, 5) is 35.8. The van der Waals surface area contributed by atoms with Gasteiger partial charge >= 0.3 is 17.9 Å². The number of carbonyl (C=O) groups is 3. The molecule has 0 saturated carbocycles. The fraction of sp³-hybridized carbons (Fsp3) is 0.190. The number of rotatable bonds is 7. The molecule has 2 aromatic rings. The van der Waals surface area contributed by atoms with Gasteiger partial charge in [-0.25, -0.2) is 14.4 Å². The molecule has 0 heterocycles. The molecule has 0 fully saturated rings. The average molecular weight is 447 g/mol. The molecule has 146 valence electrons. The summed E-state index contributed by atoms with van der Waals surface area (Å²) in [7, 11) is 1.23. The standard InChI is InChI=1S/C21H19BrO6/c1-3-27-18(23)13-6-14-4-7-16(8-5-14)20(24)28-19(21(25)26-2)15-9-11-17(22)12-10-15/h4-13,19H,3H2,1-2H3/b13-6+. The molecular weight excluding hydrogens is 428 g/mol. The van der Waals surface area contributed by atoms with E-state index in [0.29, 0.717) is 17.7 Å². The van der Waals surface area contributed by atoms with Crippen LogP contribution in [0.3, 0.4) is 0 Å². The van der Waals surface area contributed by atoms with E-state index in [9.17, 15) is 14.4 Å². The average Bonchev–Trinajstić information content (AvgIpc) is 2.71. The van der Waals surface area contributed by atoms with Crippen molar-refractivity contribution in [3.8, 4) is 0 Å². The topological polar surface area (TPSA) is 78.9 Å². The molecule has 1 unspecified atom stereocenters. The Balaban J connectivity index is 2.11. The van der Waals surface area contributed by atoms with Gasteiger partial charge in [-0.1, -0.05) is 40.2 Å². The third-order valence-corrected chi connectivity index (χ3v) is 4.19. The molecule has 0 aliphatic rings. The Labute approximate surface area is 171 Å². The second-order valence-electron chi connectivity index (χ2n) is 5.57. The van der Waals surface area contributed by atoms with Gasteiger partial charge in [0.25, 0.3) is 0 Å². The molecule has 0 aromatic heterocycles. The van der Waals surface area contributed by atoms with Crippen LogP contribution in [0.2, 0.25) is 0 Å². The molecule has 0 N–H and O–H groups in total. The molecule has 0 radical (unpaired) electrons. The highest BCUT2D eigenvalue weighted by Crippen LogP contribution is 2.23. The summed E-state index contributed by atoms with van der Waals surface area (Å²) in [5.74, 6) is -1.79. The lowest BCUT2D eigenvalue weighted by Gasteiger charge is -2.16. The highest BCUT2D eigenvalue weighted by molar-refractivity contribution is 9.10. The molecular formula is C21H19BrO6. The Morgan fingerprint density at radius 1 is 1.04 bits per heavy atom. The maximum Gasteiger partial charge on any atom is 0.351 e. The van der Waals surface area contributed by atoms with E-state index in [-0.39, 0.29) is 5.56 Å². The van der Waals surface area contributed by atoms with E-state index in [1.807, 2.05) is 0 Å². The highest BCUT2D eigenvalue weighted by atomic mass is 79.9. The summed E-state index contributed by atoms with van der Waals surface area (Å²) >= 11 is 3.31. The van der Waals surface area contributed by atoms with Crippen LogP contribution < -0.4 is 0 Å². The lowest BCUT2D eigenvalue weighted by molar-refractivity contribution is -0.151. The fourth-order valence-electron chi connectivity index (χ4n) is 2.26. The number of halogens is 1. The minimum atomic E-state index is -1.17. The Bertz CT molecular complexity index is 855. The van der Waals surface area contributed by atoms with Gasteiger partial charge in [-0.2, -0.15) is 0 Å². The lowest BCUT2D eigenvalue weighted by Crippen LogP contribution is -2.21. The van der Waals surface area contributed by atoms with E-state index >= 15 is 0 Å². The first-order chi connectivity index (χ1) is 13.4. The van der Waals surface area contributed by atoms with Crippen LogP contribution in [0.5, 0.6) is 0 Å². The molecule has 2 rings (SSSR count). The zero-order chi connectivity index (χ0) is 20.5. The van der Waals surface area contributed by atoms with Gasteiger partial charge in [-0.3, -0.25) is 0 Å². The zero-order valence-corrected chi connectivity index (χ0v) is 17.0. The van der Waals surface area contributed by atoms with Gasteiger partial charge in [0.05, 0.1) is 19.3 Å². The van der Waals surface area contributed by atoms with Crippen molar-refractivity contribution < 1.29 is 28.6 Å². The number of methoxy groups -OCH3 is 1. The zero-order valence-electron chi connectivity index (χ0n) is 15.4. The van der Waals surface area contributed by atoms with Crippen LogP contribution in [0.4, 0.5) is 0 Å². The van der Waals surface area contributed by atoms with Crippen molar-refractivity contribution in [2.75, 3.05) is 13.7 Å². The SMILES string of the molecule is CCOC(=O)/C=C/c1ccc(C(=O)OC(C(=O)OC)c2ccc(Br)cc2)cc1. The van der Waals surface area contributed by atoms with Gasteiger partial charge in [0.15, 0.2) is 0 Å². The molecule has 0 aliphatic carbocycles. The van der Waals surface area contributed by atoms with E-state index in [0.717, 1.165) is 4.47 Å². The smallest absolute Gasteiger partial charge is 0.351 e. The van der Waals surface area contributed by atoms with Crippen LogP contribution >= 0.6 is 15.9 Å². The van der Waals surface area contributed by atoms with Crippen molar-refractivity contribution in [2.45, 2.75) is 13.0 Å². The number of hydrogen-bond acceptors (Lipinski definition) is 6. The second-order valence-corrected chi connectivity index (χ2v) is 6.48. The normalized spacial score (nSPS) is 11.7. The van der Waals surface area contributed by atoms with E-state index in [2.05, 4.69) is 15.9 Å². The second kappa shape index (κ2) is 10.4. The van der Waals surface area contributed by atoms with Crippen LogP contribution in [0, 0.1) is 0 Å². The maximum absolute atomic E-state index is 12.4. The van der Waals surface area contributed by atoms with Crippen LogP contribution in [-0.4, -0.2) is 31.6 Å². The van der Waals surface area contributed by atoms with Gasteiger partial charge in [-0.15, -0.1) is 0 Å². The van der Waals surface area contributed by atoms with Crippen molar-refractivity contribution in [1.29, 1.82) is 0 Å². The maximum atomic E-state index is 12.4. The van der Waals surface area contributed by atoms with Gasteiger partial charge in [0.1, 0.15) is 0 Å². The van der Waals surface area contributed by atoms with Gasteiger partial charge in [0, 0.05) is 16.1 Å². The molecule has 0 amide bonds. The molecule has 0 spiro atoms. The summed E-state index contributed by atoms with van der Waals surface area (Å²) in [6, 6.07) is 13.2. The molecule has 1 atom stereocenters. The molecule has 28 heavy (non-hydrogen) atoms. The van der Waals surface area contributed by atoms with Crippen LogP contribution in [-0.2, 0) is 23.8 Å². The van der Waals surface area contributed by atoms with Crippen molar-refractivity contribution in [3.63, 3.8) is 0 Å². The summed E-state index contributed by atoms with van der Waals surface area (Å²) in [6.07, 6.45) is 1.71. The van der Waals surface area contributed by atoms with Crippen LogP contribution in [0.1, 0.15) is 34.5 Å². The van der Waals surface area contributed by atoms with E-state index in [1.165, 1.54) is 13.2 Å².